The summed E-state index contributed by atoms with van der Waals surface area (Å²) in [5, 5.41) is 2.66. The van der Waals surface area contributed by atoms with Crippen molar-refractivity contribution < 1.29 is 15.8 Å². The molecule has 1 saturated heterocycles. The number of carbonyl (C=O) groups is 2. The third-order valence-electron chi connectivity index (χ3n) is 4.03. The fraction of sp³-hybridized carbons (Fsp3) is 0.867. The van der Waals surface area contributed by atoms with Gasteiger partial charge in [0.1, 0.15) is 6.04 Å². The molecular formula is C15H30N2O3. The first-order valence-corrected chi connectivity index (χ1v) is 7.55. The Hall–Kier alpha value is -1.26. The summed E-state index contributed by atoms with van der Waals surface area (Å²) in [6.07, 6.45) is 2.81. The molecule has 5 nitrogen and oxygen atoms in total. The maximum absolute atomic E-state index is 12.7. The minimum Gasteiger partial charge on any atom is -0.453 e. The van der Waals surface area contributed by atoms with Crippen molar-refractivity contribution in [2.75, 3.05) is 13.7 Å². The number of likely N-dealkylation sites (tertiary alicyclic amines) is 1. The second kappa shape index (κ2) is 7.50. The maximum Gasteiger partial charge on any atom is 0.407 e. The summed E-state index contributed by atoms with van der Waals surface area (Å²) < 4.78 is 4.61. The number of nitrogens with one attached hydrogen (secondary N) is 1. The zero-order chi connectivity index (χ0) is 15.3. The molecule has 1 heterocycles. The average molecular weight is 286 g/mol. The Labute approximate surface area is 123 Å². The van der Waals surface area contributed by atoms with Crippen molar-refractivity contribution in [3.63, 3.8) is 0 Å². The van der Waals surface area contributed by atoms with Gasteiger partial charge in [-0.2, -0.15) is 0 Å². The van der Waals surface area contributed by atoms with Crippen LogP contribution in [0, 0.1) is 11.8 Å². The van der Waals surface area contributed by atoms with E-state index < -0.39 is 12.1 Å². The van der Waals surface area contributed by atoms with E-state index in [0.29, 0.717) is 5.92 Å². The minimum atomic E-state index is -0.547. The molecular weight excluding hydrogens is 256 g/mol. The van der Waals surface area contributed by atoms with Gasteiger partial charge in [0.15, 0.2) is 0 Å². The van der Waals surface area contributed by atoms with Crippen molar-refractivity contribution in [1.29, 1.82) is 0 Å². The van der Waals surface area contributed by atoms with E-state index in [1.165, 1.54) is 7.11 Å². The Morgan fingerprint density at radius 1 is 1.45 bits per heavy atom. The van der Waals surface area contributed by atoms with Gasteiger partial charge in [-0.1, -0.05) is 27.2 Å². The number of hydrogen-bond acceptors (Lipinski definition) is 3. The Morgan fingerprint density at radius 2 is 2.10 bits per heavy atom. The smallest absolute Gasteiger partial charge is 0.407 e. The molecule has 0 bridgehead atoms. The van der Waals surface area contributed by atoms with Gasteiger partial charge in [0.25, 0.3) is 0 Å². The summed E-state index contributed by atoms with van der Waals surface area (Å²) >= 11 is 0. The van der Waals surface area contributed by atoms with Crippen molar-refractivity contribution >= 4 is 12.0 Å². The van der Waals surface area contributed by atoms with Gasteiger partial charge in [-0.3, -0.25) is 4.79 Å². The minimum absolute atomic E-state index is 0. The lowest BCUT2D eigenvalue weighted by Crippen LogP contribution is -2.52. The molecule has 1 N–H and O–H groups in total. The van der Waals surface area contributed by atoms with Gasteiger partial charge in [0.05, 0.1) is 7.11 Å². The molecule has 5 heteroatoms. The standard InChI is InChI=1S/C15H28N2O3.H2/c1-6-7-12-8-11(4)17(9-12)14(18)13(10(2)3)16-15(19)20-5;/h10-13H,6-9H2,1-5H3,(H,16,19);1H/t11?,12?,13-;/m0./s1. The summed E-state index contributed by atoms with van der Waals surface area (Å²) in [5.41, 5.74) is 0. The zero-order valence-electron chi connectivity index (χ0n) is 13.3. The summed E-state index contributed by atoms with van der Waals surface area (Å²) in [6, 6.07) is -0.259. The lowest BCUT2D eigenvalue weighted by atomic mass is 10.0. The normalized spacial score (nSPS) is 23.8. The molecule has 0 aromatic heterocycles. The van der Waals surface area contributed by atoms with Gasteiger partial charge >= 0.3 is 6.09 Å². The summed E-state index contributed by atoms with van der Waals surface area (Å²) in [5.74, 6) is 0.639. The first kappa shape index (κ1) is 16.8. The van der Waals surface area contributed by atoms with E-state index in [1.807, 2.05) is 18.7 Å². The summed E-state index contributed by atoms with van der Waals surface area (Å²) in [7, 11) is 1.31. The second-order valence-corrected chi connectivity index (χ2v) is 6.09. The maximum atomic E-state index is 12.7. The molecule has 1 rings (SSSR count). The SMILES string of the molecule is CCCC1CC(C)N(C(=O)[C@@H](NC(=O)OC)C(C)C)C1.[HH]. The third kappa shape index (κ3) is 4.12. The number of carbonyl (C=O) groups excluding carboxylic acids is 2. The highest BCUT2D eigenvalue weighted by Gasteiger charge is 2.36. The van der Waals surface area contributed by atoms with E-state index in [4.69, 9.17) is 0 Å². The number of alkyl carbamates (subject to hydrolysis) is 1. The van der Waals surface area contributed by atoms with E-state index in [9.17, 15) is 9.59 Å². The van der Waals surface area contributed by atoms with E-state index in [2.05, 4.69) is 23.9 Å². The number of hydrogen-bond donors (Lipinski definition) is 1. The average Bonchev–Trinajstić information content (AvgIpc) is 2.76. The predicted molar refractivity (Wildman–Crippen MR) is 80.5 cm³/mol. The topological polar surface area (TPSA) is 58.6 Å². The first-order chi connectivity index (χ1) is 9.40. The molecule has 0 aromatic rings. The van der Waals surface area contributed by atoms with Crippen LogP contribution in [0.4, 0.5) is 4.79 Å². The fourth-order valence-electron chi connectivity index (χ4n) is 2.94. The number of amides is 2. The van der Waals surface area contributed by atoms with Crippen LogP contribution in [-0.4, -0.2) is 42.6 Å². The van der Waals surface area contributed by atoms with Crippen LogP contribution in [0.25, 0.3) is 0 Å². The molecule has 0 spiro atoms. The van der Waals surface area contributed by atoms with Crippen LogP contribution in [0.15, 0.2) is 0 Å². The van der Waals surface area contributed by atoms with Gasteiger partial charge in [0.2, 0.25) is 5.91 Å². The number of rotatable bonds is 5. The lowest BCUT2D eigenvalue weighted by molar-refractivity contribution is -0.135. The van der Waals surface area contributed by atoms with Gasteiger partial charge in [0, 0.05) is 14.0 Å². The lowest BCUT2D eigenvalue weighted by Gasteiger charge is -2.29. The van der Waals surface area contributed by atoms with Gasteiger partial charge in [-0.25, -0.2) is 4.79 Å². The van der Waals surface area contributed by atoms with Crippen molar-refractivity contribution in [3.05, 3.63) is 0 Å². The molecule has 1 fully saturated rings. The monoisotopic (exact) mass is 286 g/mol. The molecule has 2 unspecified atom stereocenters. The molecule has 1 aliphatic heterocycles. The van der Waals surface area contributed by atoms with E-state index >= 15 is 0 Å². The molecule has 2 amide bonds. The first-order valence-electron chi connectivity index (χ1n) is 7.55. The molecule has 0 saturated carbocycles. The van der Waals surface area contributed by atoms with Crippen LogP contribution in [0.2, 0.25) is 0 Å². The van der Waals surface area contributed by atoms with E-state index in [-0.39, 0.29) is 19.3 Å². The van der Waals surface area contributed by atoms with Gasteiger partial charge in [-0.05, 0) is 31.6 Å². The number of ether oxygens (including phenoxy) is 1. The Balaban J connectivity index is 0.00000400. The van der Waals surface area contributed by atoms with Crippen molar-refractivity contribution in [2.24, 2.45) is 11.8 Å². The largest absolute Gasteiger partial charge is 0.453 e. The molecule has 0 radical (unpaired) electrons. The van der Waals surface area contributed by atoms with E-state index in [1.54, 1.807) is 0 Å². The highest BCUT2D eigenvalue weighted by molar-refractivity contribution is 5.86. The van der Waals surface area contributed by atoms with Crippen LogP contribution in [0.3, 0.4) is 0 Å². The van der Waals surface area contributed by atoms with Crippen LogP contribution in [0.1, 0.15) is 48.4 Å². The Bertz CT molecular complexity index is 350. The van der Waals surface area contributed by atoms with Crippen LogP contribution >= 0.6 is 0 Å². The molecule has 0 aliphatic carbocycles. The molecule has 1 aliphatic rings. The Kier molecular flexibility index (Phi) is 6.30. The van der Waals surface area contributed by atoms with E-state index in [0.717, 1.165) is 25.8 Å². The van der Waals surface area contributed by atoms with Gasteiger partial charge < -0.3 is 15.0 Å². The van der Waals surface area contributed by atoms with Crippen molar-refractivity contribution in [1.82, 2.24) is 10.2 Å². The molecule has 20 heavy (non-hydrogen) atoms. The predicted octanol–water partition coefficient (Wildman–Crippen LogP) is 2.65. The number of methoxy groups -OCH3 is 1. The zero-order valence-corrected chi connectivity index (χ0v) is 13.3. The summed E-state index contributed by atoms with van der Waals surface area (Å²) in [6.45, 7) is 8.93. The number of nitrogens with zero attached hydrogens (tertiary/aromatic N) is 1. The van der Waals surface area contributed by atoms with Crippen LogP contribution < -0.4 is 5.32 Å². The highest BCUT2D eigenvalue weighted by atomic mass is 16.5. The third-order valence-corrected chi connectivity index (χ3v) is 4.03. The highest BCUT2D eigenvalue weighted by Crippen LogP contribution is 2.27. The van der Waals surface area contributed by atoms with Crippen molar-refractivity contribution in [3.8, 4) is 0 Å². The molecule has 0 aromatic carbocycles. The Morgan fingerprint density at radius 3 is 2.60 bits per heavy atom. The van der Waals surface area contributed by atoms with Crippen LogP contribution in [-0.2, 0) is 9.53 Å². The summed E-state index contributed by atoms with van der Waals surface area (Å²) in [4.78, 5) is 26.0. The quantitative estimate of drug-likeness (QED) is 0.845. The molecule has 3 atom stereocenters. The molecule has 118 valence electrons. The van der Waals surface area contributed by atoms with Crippen LogP contribution in [0.5, 0.6) is 0 Å². The fourth-order valence-corrected chi connectivity index (χ4v) is 2.94. The van der Waals surface area contributed by atoms with Gasteiger partial charge in [-0.15, -0.1) is 0 Å². The van der Waals surface area contributed by atoms with Crippen molar-refractivity contribution in [2.45, 2.75) is 59.0 Å². The second-order valence-electron chi connectivity index (χ2n) is 6.09.